The molecule has 4 aromatic rings. The highest BCUT2D eigenvalue weighted by atomic mass is 35.5. The van der Waals surface area contributed by atoms with Gasteiger partial charge in [0.15, 0.2) is 0 Å². The molecule has 2 aromatic heterocycles. The summed E-state index contributed by atoms with van der Waals surface area (Å²) in [6.45, 7) is 0. The number of benzene rings is 2. The van der Waals surface area contributed by atoms with Crippen molar-refractivity contribution < 1.29 is 9.21 Å². The van der Waals surface area contributed by atoms with Gasteiger partial charge in [0.1, 0.15) is 11.5 Å². The first-order chi connectivity index (χ1) is 15.6. The lowest BCUT2D eigenvalue weighted by Crippen LogP contribution is -2.25. The van der Waals surface area contributed by atoms with Crippen molar-refractivity contribution in [1.82, 2.24) is 4.98 Å². The number of furan rings is 1. The predicted molar refractivity (Wildman–Crippen MR) is 128 cm³/mol. The highest BCUT2D eigenvalue weighted by Crippen LogP contribution is 2.35. The summed E-state index contributed by atoms with van der Waals surface area (Å²) < 4.78 is 5.97. The molecule has 2 aromatic carbocycles. The molecule has 0 bridgehead atoms. The summed E-state index contributed by atoms with van der Waals surface area (Å²) in [5.41, 5.74) is 3.74. The Bertz CT molecular complexity index is 1360. The zero-order chi connectivity index (χ0) is 22.1. The van der Waals surface area contributed by atoms with Gasteiger partial charge in [0.25, 0.3) is 5.91 Å². The maximum absolute atomic E-state index is 13.4. The van der Waals surface area contributed by atoms with Crippen molar-refractivity contribution in [3.63, 3.8) is 0 Å². The Morgan fingerprint density at radius 2 is 1.72 bits per heavy atom. The SMILES string of the molecule is O=C1/C(=C/c2ccc(-c3ccc(Cl)c(Cl)c3)o2)C=C(c2ccccc2)N1c1cccnc1. The fourth-order valence-corrected chi connectivity index (χ4v) is 3.87. The lowest BCUT2D eigenvalue weighted by atomic mass is 10.1. The number of carbonyl (C=O) groups is 1. The van der Waals surface area contributed by atoms with Gasteiger partial charge in [-0.2, -0.15) is 0 Å². The van der Waals surface area contributed by atoms with Crippen LogP contribution >= 0.6 is 23.2 Å². The van der Waals surface area contributed by atoms with Gasteiger partial charge in [-0.3, -0.25) is 14.7 Å². The monoisotopic (exact) mass is 458 g/mol. The highest BCUT2D eigenvalue weighted by molar-refractivity contribution is 6.42. The average molecular weight is 459 g/mol. The number of amides is 1. The molecule has 1 aliphatic heterocycles. The van der Waals surface area contributed by atoms with Gasteiger partial charge in [-0.25, -0.2) is 0 Å². The maximum Gasteiger partial charge on any atom is 0.263 e. The Kier molecular flexibility index (Phi) is 5.39. The van der Waals surface area contributed by atoms with Crippen LogP contribution in [0.1, 0.15) is 11.3 Å². The van der Waals surface area contributed by atoms with E-state index in [1.807, 2.05) is 66.7 Å². The summed E-state index contributed by atoms with van der Waals surface area (Å²) in [6.07, 6.45) is 6.96. The molecule has 3 heterocycles. The number of hydrogen-bond donors (Lipinski definition) is 0. The third kappa shape index (κ3) is 3.86. The molecule has 6 heteroatoms. The standard InChI is InChI=1S/C26H16Cl2N2O2/c27-22-10-8-18(14-23(22)28)25-11-9-21(32-25)13-19-15-24(17-5-2-1-3-6-17)30(26(19)31)20-7-4-12-29-16-20/h1-16H/b19-13+. The molecular formula is C26H16Cl2N2O2. The van der Waals surface area contributed by atoms with Crippen LogP contribution in [0.25, 0.3) is 23.1 Å². The lowest BCUT2D eigenvalue weighted by Gasteiger charge is -2.20. The van der Waals surface area contributed by atoms with Crippen molar-refractivity contribution in [3.05, 3.63) is 118 Å². The molecule has 4 nitrogen and oxygen atoms in total. The predicted octanol–water partition coefficient (Wildman–Crippen LogP) is 7.12. The number of rotatable bonds is 4. The van der Waals surface area contributed by atoms with Crippen LogP contribution in [0.3, 0.4) is 0 Å². The number of carbonyl (C=O) groups excluding carboxylic acids is 1. The van der Waals surface area contributed by atoms with E-state index in [4.69, 9.17) is 27.6 Å². The quantitative estimate of drug-likeness (QED) is 0.305. The first-order valence-electron chi connectivity index (χ1n) is 9.89. The van der Waals surface area contributed by atoms with Crippen LogP contribution in [0, 0.1) is 0 Å². The average Bonchev–Trinajstić information content (AvgIpc) is 3.42. The second-order valence-corrected chi connectivity index (χ2v) is 7.99. The fourth-order valence-electron chi connectivity index (χ4n) is 3.57. The number of halogens is 2. The summed E-state index contributed by atoms with van der Waals surface area (Å²) in [7, 11) is 0. The van der Waals surface area contributed by atoms with E-state index in [0.29, 0.717) is 32.8 Å². The van der Waals surface area contributed by atoms with Crippen molar-refractivity contribution in [1.29, 1.82) is 0 Å². The van der Waals surface area contributed by atoms with Gasteiger partial charge in [0.05, 0.1) is 27.6 Å². The van der Waals surface area contributed by atoms with E-state index in [9.17, 15) is 4.79 Å². The van der Waals surface area contributed by atoms with Gasteiger partial charge in [-0.05, 0) is 60.2 Å². The topological polar surface area (TPSA) is 46.3 Å². The van der Waals surface area contributed by atoms with Crippen LogP contribution in [0.15, 0.2) is 101 Å². The lowest BCUT2D eigenvalue weighted by molar-refractivity contribution is -0.113. The molecule has 5 rings (SSSR count). The molecule has 0 saturated heterocycles. The normalized spacial score (nSPS) is 14.8. The summed E-state index contributed by atoms with van der Waals surface area (Å²) in [6, 6.07) is 22.4. The summed E-state index contributed by atoms with van der Waals surface area (Å²) in [4.78, 5) is 19.2. The number of nitrogens with zero attached hydrogens (tertiary/aromatic N) is 2. The van der Waals surface area contributed by atoms with Crippen LogP contribution < -0.4 is 4.90 Å². The molecule has 32 heavy (non-hydrogen) atoms. The molecule has 1 aliphatic rings. The zero-order valence-corrected chi connectivity index (χ0v) is 18.2. The minimum atomic E-state index is -0.149. The summed E-state index contributed by atoms with van der Waals surface area (Å²) in [5.74, 6) is 1.05. The highest BCUT2D eigenvalue weighted by Gasteiger charge is 2.30. The number of aromatic nitrogens is 1. The van der Waals surface area contributed by atoms with Gasteiger partial charge in [-0.15, -0.1) is 0 Å². The maximum atomic E-state index is 13.4. The van der Waals surface area contributed by atoms with Crippen LogP contribution in [0.4, 0.5) is 5.69 Å². The van der Waals surface area contributed by atoms with Crippen molar-refractivity contribution >= 4 is 46.6 Å². The second-order valence-electron chi connectivity index (χ2n) is 7.18. The molecule has 0 N–H and O–H groups in total. The Labute approximate surface area is 195 Å². The zero-order valence-electron chi connectivity index (χ0n) is 16.7. The van der Waals surface area contributed by atoms with Crippen LogP contribution in [-0.4, -0.2) is 10.9 Å². The molecule has 0 aliphatic carbocycles. The summed E-state index contributed by atoms with van der Waals surface area (Å²) in [5, 5.41) is 0.934. The van der Waals surface area contributed by atoms with Gasteiger partial charge in [0, 0.05) is 17.3 Å². The van der Waals surface area contributed by atoms with Crippen molar-refractivity contribution in [2.45, 2.75) is 0 Å². The molecule has 0 radical (unpaired) electrons. The van der Waals surface area contributed by atoms with Gasteiger partial charge in [0.2, 0.25) is 0 Å². The third-order valence-corrected chi connectivity index (χ3v) is 5.82. The van der Waals surface area contributed by atoms with E-state index in [-0.39, 0.29) is 5.91 Å². The van der Waals surface area contributed by atoms with Gasteiger partial charge < -0.3 is 4.42 Å². The number of hydrogen-bond acceptors (Lipinski definition) is 3. The Hall–Kier alpha value is -3.60. The van der Waals surface area contributed by atoms with Crippen molar-refractivity contribution in [3.8, 4) is 11.3 Å². The molecule has 0 atom stereocenters. The molecule has 0 spiro atoms. The molecule has 0 unspecified atom stereocenters. The van der Waals surface area contributed by atoms with E-state index in [1.165, 1.54) is 0 Å². The molecule has 0 saturated carbocycles. The third-order valence-electron chi connectivity index (χ3n) is 5.09. The minimum absolute atomic E-state index is 0.149. The minimum Gasteiger partial charge on any atom is -0.457 e. The Balaban J connectivity index is 1.53. The van der Waals surface area contributed by atoms with Gasteiger partial charge >= 0.3 is 0 Å². The van der Waals surface area contributed by atoms with Crippen LogP contribution in [-0.2, 0) is 4.79 Å². The van der Waals surface area contributed by atoms with Gasteiger partial charge in [-0.1, -0.05) is 53.5 Å². The van der Waals surface area contributed by atoms with E-state index < -0.39 is 0 Å². The largest absolute Gasteiger partial charge is 0.457 e. The van der Waals surface area contributed by atoms with Crippen LogP contribution in [0.5, 0.6) is 0 Å². The van der Waals surface area contributed by atoms with Crippen LogP contribution in [0.2, 0.25) is 10.0 Å². The first-order valence-corrected chi connectivity index (χ1v) is 10.6. The van der Waals surface area contributed by atoms with Crippen molar-refractivity contribution in [2.24, 2.45) is 0 Å². The van der Waals surface area contributed by atoms with E-state index in [1.54, 1.807) is 35.5 Å². The Morgan fingerprint density at radius 1 is 0.875 bits per heavy atom. The molecule has 0 fully saturated rings. The van der Waals surface area contributed by atoms with E-state index in [0.717, 1.165) is 16.8 Å². The second kappa shape index (κ2) is 8.50. The summed E-state index contributed by atoms with van der Waals surface area (Å²) >= 11 is 12.1. The number of pyridine rings is 1. The molecule has 1 amide bonds. The molecular weight excluding hydrogens is 443 g/mol. The Morgan fingerprint density at radius 3 is 2.47 bits per heavy atom. The smallest absolute Gasteiger partial charge is 0.263 e. The van der Waals surface area contributed by atoms with E-state index in [2.05, 4.69) is 4.98 Å². The van der Waals surface area contributed by atoms with Crippen molar-refractivity contribution in [2.75, 3.05) is 4.90 Å². The van der Waals surface area contributed by atoms with E-state index >= 15 is 0 Å². The number of anilines is 1. The fraction of sp³-hybridized carbons (Fsp3) is 0. The first kappa shape index (κ1) is 20.3. The molecule has 156 valence electrons.